The maximum absolute atomic E-state index is 11.1. The zero-order valence-corrected chi connectivity index (χ0v) is 9.17. The van der Waals surface area contributed by atoms with Gasteiger partial charge in [0.25, 0.3) is 0 Å². The number of aromatic nitrogens is 2. The molecule has 0 saturated carbocycles. The highest BCUT2D eigenvalue weighted by Crippen LogP contribution is 2.15. The van der Waals surface area contributed by atoms with Crippen LogP contribution >= 0.6 is 0 Å². The van der Waals surface area contributed by atoms with Crippen molar-refractivity contribution >= 4 is 10.0 Å². The van der Waals surface area contributed by atoms with Crippen LogP contribution in [0, 0.1) is 0 Å². The van der Waals surface area contributed by atoms with E-state index >= 15 is 0 Å². The molecule has 0 aliphatic heterocycles. The topological polar surface area (TPSA) is 72.0 Å². The second-order valence-corrected chi connectivity index (χ2v) is 5.32. The third-order valence-electron chi connectivity index (χ3n) is 1.57. The first-order chi connectivity index (χ1) is 6.31. The molecule has 0 radical (unpaired) electrons. The summed E-state index contributed by atoms with van der Waals surface area (Å²) in [7, 11) is -3.26. The molecule has 1 N–H and O–H groups in total. The van der Waals surface area contributed by atoms with Gasteiger partial charge >= 0.3 is 0 Å². The monoisotopic (exact) mass is 215 g/mol. The third-order valence-corrected chi connectivity index (χ3v) is 2.45. The van der Waals surface area contributed by atoms with Gasteiger partial charge in [-0.15, -0.1) is 0 Å². The van der Waals surface area contributed by atoms with Gasteiger partial charge in [-0.1, -0.05) is 0 Å². The van der Waals surface area contributed by atoms with Crippen LogP contribution in [0.25, 0.3) is 0 Å². The first kappa shape index (κ1) is 11.1. The van der Waals surface area contributed by atoms with E-state index in [0.29, 0.717) is 5.82 Å². The second-order valence-electron chi connectivity index (χ2n) is 3.57. The Morgan fingerprint density at radius 1 is 1.29 bits per heavy atom. The third kappa shape index (κ3) is 3.04. The average molecular weight is 215 g/mol. The Labute approximate surface area is 83.6 Å². The molecule has 1 aromatic heterocycles. The van der Waals surface area contributed by atoms with Crippen LogP contribution in [-0.2, 0) is 15.6 Å². The second kappa shape index (κ2) is 3.62. The molecule has 0 fully saturated rings. The predicted octanol–water partition coefficient (Wildman–Crippen LogP) is 0.261. The number of nitrogens with zero attached hydrogens (tertiary/aromatic N) is 2. The van der Waals surface area contributed by atoms with Gasteiger partial charge in [-0.3, -0.25) is 0 Å². The van der Waals surface area contributed by atoms with Crippen molar-refractivity contribution < 1.29 is 8.42 Å². The minimum Gasteiger partial charge on any atom is -0.239 e. The summed E-state index contributed by atoms with van der Waals surface area (Å²) in [5.74, 6) is 0.449. The van der Waals surface area contributed by atoms with E-state index in [4.69, 9.17) is 0 Å². The normalized spacial score (nSPS) is 12.8. The molecular weight excluding hydrogens is 202 g/mol. The zero-order chi connectivity index (χ0) is 10.8. The van der Waals surface area contributed by atoms with Crippen LogP contribution in [0.4, 0.5) is 0 Å². The Balaban J connectivity index is 2.97. The molecule has 5 nitrogen and oxygen atoms in total. The van der Waals surface area contributed by atoms with E-state index in [0.717, 1.165) is 6.26 Å². The minimum absolute atomic E-state index is 0.449. The molecule has 0 spiro atoms. The van der Waals surface area contributed by atoms with Gasteiger partial charge in [-0.2, -0.15) is 0 Å². The standard InChI is InChI=1S/C8H13N3O2S/c1-8(2,11-14(3,12)13)7-9-5-4-6-10-7/h4-6,11H,1-3H3. The van der Waals surface area contributed by atoms with Crippen molar-refractivity contribution in [1.29, 1.82) is 0 Å². The lowest BCUT2D eigenvalue weighted by Gasteiger charge is -2.22. The van der Waals surface area contributed by atoms with E-state index in [2.05, 4.69) is 14.7 Å². The van der Waals surface area contributed by atoms with Crippen molar-refractivity contribution in [2.45, 2.75) is 19.4 Å². The molecule has 14 heavy (non-hydrogen) atoms. The zero-order valence-electron chi connectivity index (χ0n) is 8.35. The molecule has 1 rings (SSSR count). The lowest BCUT2D eigenvalue weighted by molar-refractivity contribution is 0.448. The summed E-state index contributed by atoms with van der Waals surface area (Å²) in [6.07, 6.45) is 4.26. The summed E-state index contributed by atoms with van der Waals surface area (Å²) >= 11 is 0. The molecule has 0 atom stereocenters. The Morgan fingerprint density at radius 3 is 2.21 bits per heavy atom. The number of hydrogen-bond donors (Lipinski definition) is 1. The van der Waals surface area contributed by atoms with Gasteiger partial charge in [0.2, 0.25) is 10.0 Å². The molecular formula is C8H13N3O2S. The van der Waals surface area contributed by atoms with E-state index in [1.807, 2.05) is 0 Å². The Hall–Kier alpha value is -1.01. The Bertz CT molecular complexity index is 400. The summed E-state index contributed by atoms with van der Waals surface area (Å²) in [5, 5.41) is 0. The molecule has 1 heterocycles. The lowest BCUT2D eigenvalue weighted by Crippen LogP contribution is -2.41. The van der Waals surface area contributed by atoms with Gasteiger partial charge in [0.15, 0.2) is 0 Å². The number of sulfonamides is 1. The fourth-order valence-electron chi connectivity index (χ4n) is 1.13. The Kier molecular flexibility index (Phi) is 2.86. The number of hydrogen-bond acceptors (Lipinski definition) is 4. The van der Waals surface area contributed by atoms with Gasteiger partial charge in [0.05, 0.1) is 11.8 Å². The molecule has 0 aromatic carbocycles. The van der Waals surface area contributed by atoms with E-state index in [-0.39, 0.29) is 0 Å². The van der Waals surface area contributed by atoms with Crippen molar-refractivity contribution in [3.63, 3.8) is 0 Å². The summed E-state index contributed by atoms with van der Waals surface area (Å²) < 4.78 is 24.6. The smallest absolute Gasteiger partial charge is 0.209 e. The highest BCUT2D eigenvalue weighted by molar-refractivity contribution is 7.88. The molecule has 1 aromatic rings. The summed E-state index contributed by atoms with van der Waals surface area (Å²) in [5.41, 5.74) is -0.783. The lowest BCUT2D eigenvalue weighted by atomic mass is 10.1. The van der Waals surface area contributed by atoms with Crippen molar-refractivity contribution in [3.8, 4) is 0 Å². The molecule has 0 bridgehead atoms. The van der Waals surface area contributed by atoms with E-state index < -0.39 is 15.6 Å². The largest absolute Gasteiger partial charge is 0.239 e. The molecule has 0 aliphatic carbocycles. The van der Waals surface area contributed by atoms with Gasteiger partial charge in [-0.25, -0.2) is 23.1 Å². The molecule has 0 unspecified atom stereocenters. The van der Waals surface area contributed by atoms with Crippen molar-refractivity contribution in [1.82, 2.24) is 14.7 Å². The first-order valence-corrected chi connectivity index (χ1v) is 5.97. The average Bonchev–Trinajstić information content (AvgIpc) is 2.01. The van der Waals surface area contributed by atoms with Crippen molar-refractivity contribution in [2.24, 2.45) is 0 Å². The van der Waals surface area contributed by atoms with Crippen LogP contribution < -0.4 is 4.72 Å². The van der Waals surface area contributed by atoms with Crippen LogP contribution in [0.1, 0.15) is 19.7 Å². The van der Waals surface area contributed by atoms with Crippen LogP contribution in [0.3, 0.4) is 0 Å². The molecule has 0 amide bonds. The molecule has 0 aliphatic rings. The minimum atomic E-state index is -3.26. The maximum Gasteiger partial charge on any atom is 0.209 e. The van der Waals surface area contributed by atoms with Gasteiger partial charge in [0.1, 0.15) is 5.82 Å². The van der Waals surface area contributed by atoms with Gasteiger partial charge < -0.3 is 0 Å². The molecule has 0 saturated heterocycles. The predicted molar refractivity (Wildman–Crippen MR) is 53.0 cm³/mol. The fraction of sp³-hybridized carbons (Fsp3) is 0.500. The fourth-order valence-corrected chi connectivity index (χ4v) is 2.15. The van der Waals surface area contributed by atoms with Crippen molar-refractivity contribution in [3.05, 3.63) is 24.3 Å². The van der Waals surface area contributed by atoms with Crippen LogP contribution in [-0.4, -0.2) is 24.6 Å². The van der Waals surface area contributed by atoms with E-state index in [9.17, 15) is 8.42 Å². The van der Waals surface area contributed by atoms with Gasteiger partial charge in [0, 0.05) is 12.4 Å². The summed E-state index contributed by atoms with van der Waals surface area (Å²) in [6.45, 7) is 3.42. The summed E-state index contributed by atoms with van der Waals surface area (Å²) in [6, 6.07) is 1.68. The molecule has 6 heteroatoms. The van der Waals surface area contributed by atoms with E-state index in [1.165, 1.54) is 0 Å². The van der Waals surface area contributed by atoms with Crippen LogP contribution in [0.5, 0.6) is 0 Å². The Morgan fingerprint density at radius 2 is 1.79 bits per heavy atom. The molecule has 78 valence electrons. The highest BCUT2D eigenvalue weighted by Gasteiger charge is 2.26. The first-order valence-electron chi connectivity index (χ1n) is 4.08. The SMILES string of the molecule is CC(C)(NS(C)(=O)=O)c1ncccn1. The summed E-state index contributed by atoms with van der Waals surface area (Å²) in [4.78, 5) is 7.99. The number of nitrogens with one attached hydrogen (secondary N) is 1. The van der Waals surface area contributed by atoms with E-state index in [1.54, 1.807) is 32.3 Å². The van der Waals surface area contributed by atoms with Gasteiger partial charge in [-0.05, 0) is 19.9 Å². The van der Waals surface area contributed by atoms with Crippen LogP contribution in [0.15, 0.2) is 18.5 Å². The maximum atomic E-state index is 11.1. The highest BCUT2D eigenvalue weighted by atomic mass is 32.2. The van der Waals surface area contributed by atoms with Crippen molar-refractivity contribution in [2.75, 3.05) is 6.26 Å². The quantitative estimate of drug-likeness (QED) is 0.785. The number of rotatable bonds is 3. The van der Waals surface area contributed by atoms with Crippen LogP contribution in [0.2, 0.25) is 0 Å².